The Morgan fingerprint density at radius 3 is 1.32 bits per heavy atom. The van der Waals surface area contributed by atoms with E-state index in [2.05, 4.69) is 50.0 Å². The summed E-state index contributed by atoms with van der Waals surface area (Å²) in [6.45, 7) is 14.4. The van der Waals surface area contributed by atoms with E-state index in [1.165, 1.54) is 55.5 Å². The highest BCUT2D eigenvalue weighted by Crippen LogP contribution is 2.46. The van der Waals surface area contributed by atoms with Gasteiger partial charge in [0.25, 0.3) is 0 Å². The minimum atomic E-state index is -5.16. The Hall–Kier alpha value is -6.59. The van der Waals surface area contributed by atoms with Gasteiger partial charge in [-0.05, 0) is 55.5 Å². The monoisotopic (exact) mass is 640 g/mol. The molecule has 0 bridgehead atoms. The number of ether oxygens (including phenoxy) is 4. The molecule has 0 radical (unpaired) electrons. The molecule has 3 aromatic rings. The number of esters is 4. The van der Waals surface area contributed by atoms with Gasteiger partial charge < -0.3 is 18.9 Å². The zero-order valence-corrected chi connectivity index (χ0v) is 24.7. The van der Waals surface area contributed by atoms with Crippen LogP contribution in [0.1, 0.15) is 33.4 Å². The summed E-state index contributed by atoms with van der Waals surface area (Å²) in [7, 11) is 0. The summed E-state index contributed by atoms with van der Waals surface area (Å²) in [6, 6.07) is 11.1. The van der Waals surface area contributed by atoms with Gasteiger partial charge in [-0.25, -0.2) is 19.2 Å². The van der Waals surface area contributed by atoms with Crippen LogP contribution in [0.4, 0.5) is 13.2 Å². The number of halogens is 3. The van der Waals surface area contributed by atoms with Gasteiger partial charge in [-0.3, -0.25) is 0 Å². The van der Waals surface area contributed by atoms with E-state index in [0.717, 1.165) is 18.2 Å². The molecule has 8 nitrogen and oxygen atoms in total. The first-order valence-electron chi connectivity index (χ1n) is 13.2. The SMILES string of the molecule is C=CC(=O)Oc1ccc(C#Cc2c(OC(=O)C=C)c(C)c(C#Cc3ccc(OC(=O)C=C)cc3)c(C(F)(F)F)c2OC(=O)C=C)cc1. The Morgan fingerprint density at radius 1 is 0.574 bits per heavy atom. The van der Waals surface area contributed by atoms with Crippen molar-refractivity contribution in [3.05, 3.63) is 133 Å². The molecule has 11 heteroatoms. The molecule has 3 aromatic carbocycles. The van der Waals surface area contributed by atoms with Gasteiger partial charge in [-0.1, -0.05) is 50.0 Å². The van der Waals surface area contributed by atoms with Crippen molar-refractivity contribution < 1.29 is 51.3 Å². The van der Waals surface area contributed by atoms with Crippen molar-refractivity contribution in [3.63, 3.8) is 0 Å². The number of rotatable bonds is 8. The molecule has 0 aliphatic carbocycles. The highest BCUT2D eigenvalue weighted by Gasteiger charge is 2.41. The van der Waals surface area contributed by atoms with Gasteiger partial charge in [0.1, 0.15) is 22.6 Å². The van der Waals surface area contributed by atoms with E-state index in [9.17, 15) is 32.3 Å². The number of carbonyl (C=O) groups is 4. The normalized spacial score (nSPS) is 10.0. The average molecular weight is 641 g/mol. The predicted octanol–water partition coefficient (Wildman–Crippen LogP) is 6.18. The third-order valence-electron chi connectivity index (χ3n) is 5.81. The molecular weight excluding hydrogens is 617 g/mol. The molecule has 0 heterocycles. The third kappa shape index (κ3) is 9.20. The maximum atomic E-state index is 14.8. The maximum Gasteiger partial charge on any atom is 0.421 e. The van der Waals surface area contributed by atoms with E-state index in [4.69, 9.17) is 18.9 Å². The number of hydrogen-bond donors (Lipinski definition) is 0. The molecular formula is C36H23F3O8. The van der Waals surface area contributed by atoms with Crippen LogP contribution in [-0.4, -0.2) is 23.9 Å². The summed E-state index contributed by atoms with van der Waals surface area (Å²) >= 11 is 0. The Labute approximate surface area is 267 Å². The molecule has 3 rings (SSSR count). The van der Waals surface area contributed by atoms with Gasteiger partial charge >= 0.3 is 30.1 Å². The fourth-order valence-electron chi connectivity index (χ4n) is 3.68. The molecule has 0 spiro atoms. The molecule has 0 N–H and O–H groups in total. The Morgan fingerprint density at radius 2 is 0.936 bits per heavy atom. The van der Waals surface area contributed by atoms with Crippen molar-refractivity contribution in [1.29, 1.82) is 0 Å². The smallest absolute Gasteiger partial charge is 0.421 e. The van der Waals surface area contributed by atoms with Crippen LogP contribution in [-0.2, 0) is 25.4 Å². The van der Waals surface area contributed by atoms with Crippen LogP contribution in [0.2, 0.25) is 0 Å². The average Bonchev–Trinajstić information content (AvgIpc) is 3.05. The zero-order chi connectivity index (χ0) is 34.7. The predicted molar refractivity (Wildman–Crippen MR) is 164 cm³/mol. The number of hydrogen-bond acceptors (Lipinski definition) is 8. The van der Waals surface area contributed by atoms with Crippen molar-refractivity contribution >= 4 is 23.9 Å². The van der Waals surface area contributed by atoms with Crippen LogP contribution in [0.3, 0.4) is 0 Å². The number of alkyl halides is 3. The van der Waals surface area contributed by atoms with Crippen LogP contribution < -0.4 is 18.9 Å². The quantitative estimate of drug-likeness (QED) is 0.125. The van der Waals surface area contributed by atoms with E-state index >= 15 is 0 Å². The summed E-state index contributed by atoms with van der Waals surface area (Å²) in [4.78, 5) is 47.5. The van der Waals surface area contributed by atoms with E-state index < -0.39 is 58.2 Å². The van der Waals surface area contributed by atoms with Crippen molar-refractivity contribution in [3.8, 4) is 46.7 Å². The van der Waals surface area contributed by atoms with Crippen LogP contribution >= 0.6 is 0 Å². The van der Waals surface area contributed by atoms with E-state index in [0.29, 0.717) is 6.08 Å². The van der Waals surface area contributed by atoms with Gasteiger partial charge in [0.15, 0.2) is 11.5 Å². The second-order valence-electron chi connectivity index (χ2n) is 8.96. The maximum absolute atomic E-state index is 14.8. The standard InChI is InChI=1S/C36H23F3O8/c1-6-29(40)44-25-16-10-23(11-17-25)14-20-27-22(5)34(46-31(42)8-3)28(35(47-32(43)9-4)33(27)36(37,38)39)21-15-24-12-18-26(19-13-24)45-30(41)7-2/h6-13,16-19H,1-4H2,5H3. The largest absolute Gasteiger partial charge is 0.423 e. The third-order valence-corrected chi connectivity index (χ3v) is 5.81. The Kier molecular flexibility index (Phi) is 11.4. The highest BCUT2D eigenvalue weighted by molar-refractivity contribution is 5.88. The van der Waals surface area contributed by atoms with Crippen molar-refractivity contribution in [2.45, 2.75) is 13.1 Å². The van der Waals surface area contributed by atoms with Crippen molar-refractivity contribution in [2.24, 2.45) is 0 Å². The summed E-state index contributed by atoms with van der Waals surface area (Å²) < 4.78 is 64.8. The van der Waals surface area contributed by atoms with Gasteiger partial charge in [0.05, 0.1) is 0 Å². The zero-order valence-electron chi connectivity index (χ0n) is 24.7. The summed E-state index contributed by atoms with van der Waals surface area (Å²) in [5, 5.41) is 0. The second-order valence-corrected chi connectivity index (χ2v) is 8.96. The molecule has 0 atom stereocenters. The molecule has 0 saturated carbocycles. The van der Waals surface area contributed by atoms with Crippen molar-refractivity contribution in [1.82, 2.24) is 0 Å². The molecule has 0 amide bonds. The molecule has 0 aliphatic rings. The molecule has 0 saturated heterocycles. The van der Waals surface area contributed by atoms with E-state index in [-0.39, 0.29) is 28.2 Å². The first-order chi connectivity index (χ1) is 22.3. The van der Waals surface area contributed by atoms with Gasteiger partial charge in [-0.15, -0.1) is 0 Å². The van der Waals surface area contributed by atoms with Gasteiger partial charge in [-0.2, -0.15) is 13.2 Å². The Balaban J connectivity index is 2.31. The minimum absolute atomic E-state index is 0.139. The lowest BCUT2D eigenvalue weighted by atomic mass is 9.94. The van der Waals surface area contributed by atoms with Crippen LogP contribution in [0.25, 0.3) is 0 Å². The molecule has 0 unspecified atom stereocenters. The Bertz CT molecular complexity index is 1910. The summed E-state index contributed by atoms with van der Waals surface area (Å²) in [6.07, 6.45) is -1.83. The van der Waals surface area contributed by atoms with Crippen molar-refractivity contribution in [2.75, 3.05) is 0 Å². The first kappa shape index (κ1) is 34.9. The van der Waals surface area contributed by atoms with E-state index in [1.807, 2.05) is 0 Å². The fourth-order valence-corrected chi connectivity index (χ4v) is 3.68. The lowest BCUT2D eigenvalue weighted by Crippen LogP contribution is -2.18. The summed E-state index contributed by atoms with van der Waals surface area (Å²) in [5.41, 5.74) is -2.55. The van der Waals surface area contributed by atoms with Crippen LogP contribution in [0.5, 0.6) is 23.0 Å². The molecule has 0 aromatic heterocycles. The second kappa shape index (κ2) is 15.4. The highest BCUT2D eigenvalue weighted by atomic mass is 19.4. The fraction of sp³-hybridized carbons (Fsp3) is 0.0556. The topological polar surface area (TPSA) is 105 Å². The lowest BCUT2D eigenvalue weighted by molar-refractivity contribution is -0.141. The van der Waals surface area contributed by atoms with Gasteiger partial charge in [0, 0.05) is 46.6 Å². The molecule has 0 aliphatic heterocycles. The first-order valence-corrected chi connectivity index (χ1v) is 13.2. The molecule has 236 valence electrons. The lowest BCUT2D eigenvalue weighted by Gasteiger charge is -2.21. The van der Waals surface area contributed by atoms with Crippen LogP contribution in [0, 0.1) is 30.6 Å². The summed E-state index contributed by atoms with van der Waals surface area (Å²) in [5.74, 6) is 5.17. The molecule has 47 heavy (non-hydrogen) atoms. The van der Waals surface area contributed by atoms with E-state index in [1.54, 1.807) is 0 Å². The number of benzene rings is 3. The van der Waals surface area contributed by atoms with Gasteiger partial charge in [0.2, 0.25) is 0 Å². The van der Waals surface area contributed by atoms with Crippen LogP contribution in [0.15, 0.2) is 99.2 Å². The minimum Gasteiger partial charge on any atom is -0.423 e. The number of carbonyl (C=O) groups excluding carboxylic acids is 4. The molecule has 0 fully saturated rings.